The first-order valence-electron chi connectivity index (χ1n) is 5.91. The standard InChI is InChI=1S/C13H13Cl2NO3/c1-7-8(13(18)19)5-6-16(7)12(17)11-9(14)3-2-4-10(11)15/h2-4,7-8H,5-6H2,1H3,(H,18,19). The molecule has 1 aromatic rings. The third-order valence-electron chi connectivity index (χ3n) is 3.51. The summed E-state index contributed by atoms with van der Waals surface area (Å²) in [5.74, 6) is -1.73. The normalized spacial score (nSPS) is 22.6. The van der Waals surface area contributed by atoms with Crippen LogP contribution in [0.25, 0.3) is 0 Å². The number of hydrogen-bond donors (Lipinski definition) is 1. The summed E-state index contributed by atoms with van der Waals surface area (Å²) in [5, 5.41) is 9.63. The lowest BCUT2D eigenvalue weighted by atomic mass is 10.0. The molecule has 1 saturated heterocycles. The number of carboxylic acids is 1. The number of likely N-dealkylation sites (tertiary alicyclic amines) is 1. The van der Waals surface area contributed by atoms with Crippen molar-refractivity contribution in [3.05, 3.63) is 33.8 Å². The van der Waals surface area contributed by atoms with Crippen molar-refractivity contribution in [2.45, 2.75) is 19.4 Å². The molecule has 2 atom stereocenters. The van der Waals surface area contributed by atoms with Crippen LogP contribution in [0, 0.1) is 5.92 Å². The van der Waals surface area contributed by atoms with Crippen molar-refractivity contribution in [2.75, 3.05) is 6.54 Å². The van der Waals surface area contributed by atoms with Crippen LogP contribution in [-0.4, -0.2) is 34.5 Å². The monoisotopic (exact) mass is 301 g/mol. The van der Waals surface area contributed by atoms with Gasteiger partial charge in [0.05, 0.1) is 21.5 Å². The van der Waals surface area contributed by atoms with Crippen LogP contribution in [0.15, 0.2) is 18.2 Å². The molecule has 1 aromatic carbocycles. The molecule has 1 amide bonds. The van der Waals surface area contributed by atoms with Crippen molar-refractivity contribution in [2.24, 2.45) is 5.92 Å². The second kappa shape index (κ2) is 5.39. The molecule has 0 saturated carbocycles. The first kappa shape index (κ1) is 14.2. The van der Waals surface area contributed by atoms with Crippen LogP contribution in [0.3, 0.4) is 0 Å². The summed E-state index contributed by atoms with van der Waals surface area (Å²) >= 11 is 12.0. The summed E-state index contributed by atoms with van der Waals surface area (Å²) in [7, 11) is 0. The molecule has 0 aliphatic carbocycles. The highest BCUT2D eigenvalue weighted by Crippen LogP contribution is 2.31. The molecule has 102 valence electrons. The fourth-order valence-corrected chi connectivity index (χ4v) is 2.96. The van der Waals surface area contributed by atoms with Gasteiger partial charge in [0.2, 0.25) is 0 Å². The Balaban J connectivity index is 2.29. The lowest BCUT2D eigenvalue weighted by molar-refractivity contribution is -0.142. The van der Waals surface area contributed by atoms with Crippen molar-refractivity contribution >= 4 is 35.1 Å². The van der Waals surface area contributed by atoms with Gasteiger partial charge in [-0.25, -0.2) is 0 Å². The van der Waals surface area contributed by atoms with Crippen LogP contribution in [0.1, 0.15) is 23.7 Å². The summed E-state index contributed by atoms with van der Waals surface area (Å²) in [5.41, 5.74) is 0.240. The molecule has 4 nitrogen and oxygen atoms in total. The van der Waals surface area contributed by atoms with E-state index in [1.54, 1.807) is 25.1 Å². The SMILES string of the molecule is CC1C(C(=O)O)CCN1C(=O)c1c(Cl)cccc1Cl. The fourth-order valence-electron chi connectivity index (χ4n) is 2.40. The maximum atomic E-state index is 12.4. The zero-order valence-corrected chi connectivity index (χ0v) is 11.8. The second-order valence-electron chi connectivity index (χ2n) is 4.57. The number of amides is 1. The summed E-state index contributed by atoms with van der Waals surface area (Å²) in [6.07, 6.45) is 0.449. The molecule has 6 heteroatoms. The summed E-state index contributed by atoms with van der Waals surface area (Å²) in [6, 6.07) is 4.48. The zero-order valence-electron chi connectivity index (χ0n) is 10.3. The molecule has 1 heterocycles. The molecule has 1 aliphatic rings. The molecule has 1 fully saturated rings. The van der Waals surface area contributed by atoms with Gasteiger partial charge < -0.3 is 10.0 Å². The predicted molar refractivity (Wildman–Crippen MR) is 72.7 cm³/mol. The Kier molecular flexibility index (Phi) is 4.02. The molecule has 1 aliphatic heterocycles. The van der Waals surface area contributed by atoms with E-state index in [1.807, 2.05) is 0 Å². The second-order valence-corrected chi connectivity index (χ2v) is 5.38. The van der Waals surface area contributed by atoms with Gasteiger partial charge in [0.25, 0.3) is 5.91 Å². The minimum atomic E-state index is -0.881. The highest BCUT2D eigenvalue weighted by atomic mass is 35.5. The molecule has 0 aromatic heterocycles. The maximum Gasteiger partial charge on any atom is 0.308 e. The van der Waals surface area contributed by atoms with Crippen LogP contribution in [0.5, 0.6) is 0 Å². The minimum absolute atomic E-state index is 0.240. The fraction of sp³-hybridized carbons (Fsp3) is 0.385. The Labute approximate surface area is 120 Å². The van der Waals surface area contributed by atoms with Crippen LogP contribution in [-0.2, 0) is 4.79 Å². The van der Waals surface area contributed by atoms with Gasteiger partial charge in [0, 0.05) is 12.6 Å². The smallest absolute Gasteiger partial charge is 0.308 e. The van der Waals surface area contributed by atoms with Crippen molar-refractivity contribution in [1.29, 1.82) is 0 Å². The highest BCUT2D eigenvalue weighted by Gasteiger charge is 2.39. The lowest BCUT2D eigenvalue weighted by Crippen LogP contribution is -2.37. The molecule has 1 N–H and O–H groups in total. The van der Waals surface area contributed by atoms with Gasteiger partial charge in [0.15, 0.2) is 0 Å². The molecule has 2 unspecified atom stereocenters. The minimum Gasteiger partial charge on any atom is -0.481 e. The first-order valence-corrected chi connectivity index (χ1v) is 6.67. The van der Waals surface area contributed by atoms with E-state index in [2.05, 4.69) is 0 Å². The van der Waals surface area contributed by atoms with Crippen LogP contribution < -0.4 is 0 Å². The van der Waals surface area contributed by atoms with E-state index in [9.17, 15) is 9.59 Å². The van der Waals surface area contributed by atoms with Crippen molar-refractivity contribution in [1.82, 2.24) is 4.90 Å². The number of carbonyl (C=O) groups excluding carboxylic acids is 1. The lowest BCUT2D eigenvalue weighted by Gasteiger charge is -2.24. The van der Waals surface area contributed by atoms with Gasteiger partial charge in [-0.05, 0) is 25.5 Å². The number of aliphatic carboxylic acids is 1. The molecule has 2 rings (SSSR count). The Morgan fingerprint density at radius 2 is 1.89 bits per heavy atom. The van der Waals surface area contributed by atoms with Crippen molar-refractivity contribution < 1.29 is 14.7 Å². The third kappa shape index (κ3) is 2.55. The molecule has 0 radical (unpaired) electrons. The van der Waals surface area contributed by atoms with Gasteiger partial charge in [-0.1, -0.05) is 29.3 Å². The number of hydrogen-bond acceptors (Lipinski definition) is 2. The summed E-state index contributed by atoms with van der Waals surface area (Å²) < 4.78 is 0. The van der Waals surface area contributed by atoms with E-state index in [1.165, 1.54) is 4.90 Å². The zero-order chi connectivity index (χ0) is 14.2. The summed E-state index contributed by atoms with van der Waals surface area (Å²) in [4.78, 5) is 25.0. The Hall–Kier alpha value is -1.26. The van der Waals surface area contributed by atoms with Gasteiger partial charge in [-0.2, -0.15) is 0 Å². The summed E-state index contributed by atoms with van der Waals surface area (Å²) in [6.45, 7) is 2.13. The number of halogens is 2. The highest BCUT2D eigenvalue weighted by molar-refractivity contribution is 6.39. The Bertz CT molecular complexity index is 512. The van der Waals surface area contributed by atoms with E-state index >= 15 is 0 Å². The largest absolute Gasteiger partial charge is 0.481 e. The van der Waals surface area contributed by atoms with Gasteiger partial charge in [-0.15, -0.1) is 0 Å². The molecule has 0 spiro atoms. The van der Waals surface area contributed by atoms with Gasteiger partial charge in [0.1, 0.15) is 0 Å². The van der Waals surface area contributed by atoms with Crippen LogP contribution in [0.2, 0.25) is 10.0 Å². The number of carboxylic acid groups (broad SMARTS) is 1. The molecular formula is C13H13Cl2NO3. The van der Waals surface area contributed by atoms with Gasteiger partial charge in [-0.3, -0.25) is 9.59 Å². The third-order valence-corrected chi connectivity index (χ3v) is 4.14. The first-order chi connectivity index (χ1) is 8.93. The van der Waals surface area contributed by atoms with Gasteiger partial charge >= 0.3 is 5.97 Å². The molecule has 0 bridgehead atoms. The van der Waals surface area contributed by atoms with Crippen LogP contribution >= 0.6 is 23.2 Å². The van der Waals surface area contributed by atoms with Crippen LogP contribution in [0.4, 0.5) is 0 Å². The molecule has 19 heavy (non-hydrogen) atoms. The van der Waals surface area contributed by atoms with E-state index in [0.29, 0.717) is 13.0 Å². The van der Waals surface area contributed by atoms with E-state index in [0.717, 1.165) is 0 Å². The average Bonchev–Trinajstić information content (AvgIpc) is 2.70. The van der Waals surface area contributed by atoms with Crippen molar-refractivity contribution in [3.63, 3.8) is 0 Å². The Morgan fingerprint density at radius 1 is 1.32 bits per heavy atom. The van der Waals surface area contributed by atoms with Crippen molar-refractivity contribution in [3.8, 4) is 0 Å². The number of nitrogens with zero attached hydrogens (tertiary/aromatic N) is 1. The maximum absolute atomic E-state index is 12.4. The number of benzene rings is 1. The topological polar surface area (TPSA) is 57.6 Å². The van der Waals surface area contributed by atoms with E-state index < -0.39 is 11.9 Å². The average molecular weight is 302 g/mol. The number of carbonyl (C=O) groups is 2. The number of rotatable bonds is 2. The quantitative estimate of drug-likeness (QED) is 0.914. The predicted octanol–water partition coefficient (Wildman–Crippen LogP) is 2.93. The Morgan fingerprint density at radius 3 is 2.37 bits per heavy atom. The van der Waals surface area contributed by atoms with E-state index in [4.69, 9.17) is 28.3 Å². The van der Waals surface area contributed by atoms with E-state index in [-0.39, 0.29) is 27.6 Å². The molecular weight excluding hydrogens is 289 g/mol.